The molecular weight excluding hydrogens is 338 g/mol. The van der Waals surface area contributed by atoms with Gasteiger partial charge in [0.2, 0.25) is 5.91 Å². The van der Waals surface area contributed by atoms with E-state index in [9.17, 15) is 4.79 Å². The number of ether oxygens (including phenoxy) is 1. The highest BCUT2D eigenvalue weighted by molar-refractivity contribution is 5.73. The summed E-state index contributed by atoms with van der Waals surface area (Å²) in [5, 5.41) is 6.57. The number of piperidine rings is 1. The lowest BCUT2D eigenvalue weighted by Gasteiger charge is -2.41. The van der Waals surface area contributed by atoms with Crippen LogP contribution in [0.15, 0.2) is 48.5 Å². The van der Waals surface area contributed by atoms with E-state index in [0.717, 1.165) is 49.6 Å². The smallest absolute Gasteiger partial charge is 0.217 e. The SMILES string of the molecule is COc1ccc(Nc2cccc(CN3CCCC(C)(NC(C)=O)C3)c2)cc1. The summed E-state index contributed by atoms with van der Waals surface area (Å²) < 4.78 is 5.20. The Hall–Kier alpha value is -2.53. The summed E-state index contributed by atoms with van der Waals surface area (Å²) in [7, 11) is 1.67. The number of amides is 1. The third-order valence-corrected chi connectivity index (χ3v) is 4.97. The second-order valence-electron chi connectivity index (χ2n) is 7.61. The van der Waals surface area contributed by atoms with Crippen molar-refractivity contribution in [2.45, 2.75) is 38.8 Å². The van der Waals surface area contributed by atoms with Gasteiger partial charge < -0.3 is 15.4 Å². The summed E-state index contributed by atoms with van der Waals surface area (Å²) in [6.07, 6.45) is 2.13. The fourth-order valence-electron chi connectivity index (χ4n) is 3.85. The number of anilines is 2. The van der Waals surface area contributed by atoms with Crippen molar-refractivity contribution in [3.05, 3.63) is 54.1 Å². The summed E-state index contributed by atoms with van der Waals surface area (Å²) in [5.74, 6) is 0.895. The van der Waals surface area contributed by atoms with Crippen LogP contribution in [-0.2, 0) is 11.3 Å². The summed E-state index contributed by atoms with van der Waals surface area (Å²) in [5.41, 5.74) is 3.23. The molecule has 2 aromatic carbocycles. The van der Waals surface area contributed by atoms with Crippen molar-refractivity contribution in [2.75, 3.05) is 25.5 Å². The van der Waals surface area contributed by atoms with Crippen LogP contribution >= 0.6 is 0 Å². The first-order chi connectivity index (χ1) is 13.0. The molecule has 144 valence electrons. The van der Waals surface area contributed by atoms with Gasteiger partial charge in [-0.15, -0.1) is 0 Å². The number of carbonyl (C=O) groups excluding carboxylic acids is 1. The maximum atomic E-state index is 11.5. The molecule has 27 heavy (non-hydrogen) atoms. The minimum atomic E-state index is -0.136. The molecule has 1 unspecified atom stereocenters. The summed E-state index contributed by atoms with van der Waals surface area (Å²) in [4.78, 5) is 13.9. The first-order valence-corrected chi connectivity index (χ1v) is 9.47. The second-order valence-corrected chi connectivity index (χ2v) is 7.61. The van der Waals surface area contributed by atoms with Crippen LogP contribution < -0.4 is 15.4 Å². The first kappa shape index (κ1) is 19.2. The Morgan fingerprint density at radius 1 is 1.19 bits per heavy atom. The molecule has 1 atom stereocenters. The van der Waals surface area contributed by atoms with Crippen LogP contribution in [0.5, 0.6) is 5.75 Å². The predicted octanol–water partition coefficient (Wildman–Crippen LogP) is 3.93. The molecular formula is C22H29N3O2. The molecule has 1 saturated heterocycles. The molecule has 0 aromatic heterocycles. The molecule has 1 amide bonds. The quantitative estimate of drug-likeness (QED) is 0.812. The minimum absolute atomic E-state index is 0.0463. The number of benzene rings is 2. The number of methoxy groups -OCH3 is 1. The Morgan fingerprint density at radius 3 is 2.67 bits per heavy atom. The third kappa shape index (κ3) is 5.47. The molecule has 2 N–H and O–H groups in total. The average Bonchev–Trinajstić information content (AvgIpc) is 2.61. The van der Waals surface area contributed by atoms with Gasteiger partial charge in [0.05, 0.1) is 7.11 Å². The van der Waals surface area contributed by atoms with Crippen molar-refractivity contribution >= 4 is 17.3 Å². The number of carbonyl (C=O) groups is 1. The van der Waals surface area contributed by atoms with Gasteiger partial charge >= 0.3 is 0 Å². The van der Waals surface area contributed by atoms with Gasteiger partial charge in [-0.25, -0.2) is 0 Å². The van der Waals surface area contributed by atoms with Crippen LogP contribution in [0.4, 0.5) is 11.4 Å². The van der Waals surface area contributed by atoms with Gasteiger partial charge in [0, 0.05) is 36.9 Å². The first-order valence-electron chi connectivity index (χ1n) is 9.47. The molecule has 1 aliphatic heterocycles. The molecule has 0 bridgehead atoms. The number of hydrogen-bond donors (Lipinski definition) is 2. The third-order valence-electron chi connectivity index (χ3n) is 4.97. The van der Waals surface area contributed by atoms with Crippen molar-refractivity contribution in [1.82, 2.24) is 10.2 Å². The predicted molar refractivity (Wildman–Crippen MR) is 109 cm³/mol. The molecule has 0 spiro atoms. The van der Waals surface area contributed by atoms with E-state index in [4.69, 9.17) is 4.74 Å². The molecule has 1 heterocycles. The Bertz CT molecular complexity index is 775. The molecule has 2 aromatic rings. The van der Waals surface area contributed by atoms with E-state index in [-0.39, 0.29) is 11.4 Å². The van der Waals surface area contributed by atoms with E-state index in [1.807, 2.05) is 24.3 Å². The van der Waals surface area contributed by atoms with Gasteiger partial charge in [0.1, 0.15) is 5.75 Å². The van der Waals surface area contributed by atoms with Gasteiger partial charge in [0.25, 0.3) is 0 Å². The fraction of sp³-hybridized carbons (Fsp3) is 0.409. The Balaban J connectivity index is 1.63. The largest absolute Gasteiger partial charge is 0.497 e. The van der Waals surface area contributed by atoms with E-state index < -0.39 is 0 Å². The number of likely N-dealkylation sites (tertiary alicyclic amines) is 1. The van der Waals surface area contributed by atoms with E-state index in [1.165, 1.54) is 5.56 Å². The molecule has 1 fully saturated rings. The lowest BCUT2D eigenvalue weighted by atomic mass is 9.90. The molecule has 5 nitrogen and oxygen atoms in total. The van der Waals surface area contributed by atoms with Gasteiger partial charge in [-0.1, -0.05) is 12.1 Å². The van der Waals surface area contributed by atoms with E-state index in [2.05, 4.69) is 46.7 Å². The van der Waals surface area contributed by atoms with Crippen molar-refractivity contribution < 1.29 is 9.53 Å². The molecule has 0 saturated carbocycles. The molecule has 0 radical (unpaired) electrons. The van der Waals surface area contributed by atoms with E-state index in [0.29, 0.717) is 0 Å². The van der Waals surface area contributed by atoms with Crippen LogP contribution in [0.25, 0.3) is 0 Å². The van der Waals surface area contributed by atoms with Gasteiger partial charge in [-0.2, -0.15) is 0 Å². The summed E-state index contributed by atoms with van der Waals surface area (Å²) >= 11 is 0. The Labute approximate surface area is 161 Å². The Kier molecular flexibility index (Phi) is 6.01. The molecule has 3 rings (SSSR count). The van der Waals surface area contributed by atoms with E-state index >= 15 is 0 Å². The zero-order valence-electron chi connectivity index (χ0n) is 16.4. The molecule has 1 aliphatic rings. The molecule has 5 heteroatoms. The number of rotatable bonds is 6. The summed E-state index contributed by atoms with van der Waals surface area (Å²) in [6, 6.07) is 16.4. The fourth-order valence-corrected chi connectivity index (χ4v) is 3.85. The van der Waals surface area contributed by atoms with Crippen molar-refractivity contribution in [3.8, 4) is 5.75 Å². The number of nitrogens with zero attached hydrogens (tertiary/aromatic N) is 1. The standard InChI is InChI=1S/C22H29N3O2/c1-17(26)24-22(2)12-5-13-25(16-22)15-18-6-4-7-20(14-18)23-19-8-10-21(27-3)11-9-19/h4,6-11,14,23H,5,12-13,15-16H2,1-3H3,(H,24,26). The van der Waals surface area contributed by atoms with Gasteiger partial charge in [-0.05, 0) is 68.3 Å². The minimum Gasteiger partial charge on any atom is -0.497 e. The van der Waals surface area contributed by atoms with Gasteiger partial charge in [-0.3, -0.25) is 9.69 Å². The highest BCUT2D eigenvalue weighted by Crippen LogP contribution is 2.24. The summed E-state index contributed by atoms with van der Waals surface area (Å²) in [6.45, 7) is 6.56. The zero-order chi connectivity index (χ0) is 19.3. The maximum absolute atomic E-state index is 11.5. The van der Waals surface area contributed by atoms with Crippen LogP contribution in [0, 0.1) is 0 Å². The van der Waals surface area contributed by atoms with Crippen molar-refractivity contribution in [2.24, 2.45) is 0 Å². The number of hydrogen-bond acceptors (Lipinski definition) is 4. The normalized spacial score (nSPS) is 20.1. The highest BCUT2D eigenvalue weighted by Gasteiger charge is 2.31. The average molecular weight is 367 g/mol. The van der Waals surface area contributed by atoms with Crippen LogP contribution in [0.2, 0.25) is 0 Å². The van der Waals surface area contributed by atoms with E-state index in [1.54, 1.807) is 14.0 Å². The van der Waals surface area contributed by atoms with Crippen LogP contribution in [0.1, 0.15) is 32.3 Å². The van der Waals surface area contributed by atoms with Crippen LogP contribution in [0.3, 0.4) is 0 Å². The second kappa shape index (κ2) is 8.44. The monoisotopic (exact) mass is 367 g/mol. The Morgan fingerprint density at radius 2 is 1.96 bits per heavy atom. The number of nitrogens with one attached hydrogen (secondary N) is 2. The zero-order valence-corrected chi connectivity index (χ0v) is 16.4. The van der Waals surface area contributed by atoms with Crippen LogP contribution in [-0.4, -0.2) is 36.5 Å². The van der Waals surface area contributed by atoms with Gasteiger partial charge in [0.15, 0.2) is 0 Å². The van der Waals surface area contributed by atoms with Crippen molar-refractivity contribution in [1.29, 1.82) is 0 Å². The molecule has 0 aliphatic carbocycles. The lowest BCUT2D eigenvalue weighted by Crippen LogP contribution is -2.56. The van der Waals surface area contributed by atoms with Crippen molar-refractivity contribution in [3.63, 3.8) is 0 Å². The topological polar surface area (TPSA) is 53.6 Å². The maximum Gasteiger partial charge on any atom is 0.217 e. The lowest BCUT2D eigenvalue weighted by molar-refractivity contribution is -0.121. The highest BCUT2D eigenvalue weighted by atomic mass is 16.5.